The predicted octanol–water partition coefficient (Wildman–Crippen LogP) is 3.21. The summed E-state index contributed by atoms with van der Waals surface area (Å²) in [7, 11) is 0. The van der Waals surface area contributed by atoms with Gasteiger partial charge in [0.05, 0.1) is 10.8 Å². The van der Waals surface area contributed by atoms with E-state index in [0.717, 1.165) is 23.0 Å². The van der Waals surface area contributed by atoms with Crippen molar-refractivity contribution in [2.45, 2.75) is 18.6 Å². The molecule has 0 radical (unpaired) electrons. The van der Waals surface area contributed by atoms with Gasteiger partial charge in [-0.05, 0) is 24.6 Å². The molecule has 0 fully saturated rings. The van der Waals surface area contributed by atoms with Crippen LogP contribution in [-0.2, 0) is 11.3 Å². The number of rotatable bonds is 5. The molecule has 1 N–H and O–H groups in total. The maximum atomic E-state index is 13.1. The van der Waals surface area contributed by atoms with Crippen molar-refractivity contribution in [3.8, 4) is 0 Å². The maximum Gasteiger partial charge on any atom is 0.313 e. The van der Waals surface area contributed by atoms with Crippen LogP contribution in [0.4, 0.5) is 4.39 Å². The molecule has 2 aromatic rings. The zero-order chi connectivity index (χ0) is 14.7. The third-order valence-corrected chi connectivity index (χ3v) is 3.93. The third-order valence-electron chi connectivity index (χ3n) is 2.67. The predicted molar refractivity (Wildman–Crippen MR) is 75.8 cm³/mol. The molecule has 1 heterocycles. The Morgan fingerprint density at radius 2 is 2.30 bits per heavy atom. The minimum Gasteiger partial charge on any atom is -0.481 e. The summed E-state index contributed by atoms with van der Waals surface area (Å²) in [5, 5.41) is 9.40. The molecule has 2 rings (SSSR count). The van der Waals surface area contributed by atoms with Crippen LogP contribution >= 0.6 is 23.4 Å². The van der Waals surface area contributed by atoms with Crippen molar-refractivity contribution in [1.82, 2.24) is 9.55 Å². The number of aliphatic carboxylic acids is 1. The molecule has 0 atom stereocenters. The first-order valence-corrected chi connectivity index (χ1v) is 7.14. The van der Waals surface area contributed by atoms with Crippen LogP contribution in [-0.4, -0.2) is 26.4 Å². The summed E-state index contributed by atoms with van der Waals surface area (Å²) in [6, 6.07) is 4.52. The van der Waals surface area contributed by atoms with Crippen molar-refractivity contribution in [1.29, 1.82) is 0 Å². The molecule has 1 aromatic heterocycles. The highest BCUT2D eigenvalue weighted by Crippen LogP contribution is 2.22. The fourth-order valence-corrected chi connectivity index (χ4v) is 2.64. The summed E-state index contributed by atoms with van der Waals surface area (Å²) >= 11 is 6.90. The van der Waals surface area contributed by atoms with E-state index in [4.69, 9.17) is 16.7 Å². The summed E-state index contributed by atoms with van der Waals surface area (Å²) in [6.07, 6.45) is 1.68. The van der Waals surface area contributed by atoms with Gasteiger partial charge in [0.25, 0.3) is 0 Å². The van der Waals surface area contributed by atoms with Crippen molar-refractivity contribution in [2.24, 2.45) is 0 Å². The van der Waals surface area contributed by atoms with Gasteiger partial charge in [-0.25, -0.2) is 9.37 Å². The topological polar surface area (TPSA) is 55.1 Å². The van der Waals surface area contributed by atoms with E-state index >= 15 is 0 Å². The van der Waals surface area contributed by atoms with E-state index in [1.807, 2.05) is 11.5 Å². The summed E-state index contributed by atoms with van der Waals surface area (Å²) < 4.78 is 15.0. The van der Waals surface area contributed by atoms with Gasteiger partial charge in [-0.15, -0.1) is 0 Å². The van der Waals surface area contributed by atoms with Crippen LogP contribution in [0.15, 0.2) is 29.6 Å². The number of aryl methyl sites for hydroxylation is 1. The van der Waals surface area contributed by atoms with Crippen LogP contribution in [0.3, 0.4) is 0 Å². The minimum absolute atomic E-state index is 0.0549. The quantitative estimate of drug-likeness (QED) is 0.861. The van der Waals surface area contributed by atoms with Gasteiger partial charge in [0.1, 0.15) is 5.82 Å². The van der Waals surface area contributed by atoms with Crippen LogP contribution in [0.5, 0.6) is 0 Å². The zero-order valence-electron chi connectivity index (χ0n) is 10.6. The molecule has 0 aliphatic rings. The zero-order valence-corrected chi connectivity index (χ0v) is 12.2. The normalized spacial score (nSPS) is 10.8. The second kappa shape index (κ2) is 6.28. The Labute approximate surface area is 124 Å². The van der Waals surface area contributed by atoms with Gasteiger partial charge in [0.15, 0.2) is 5.16 Å². The van der Waals surface area contributed by atoms with E-state index in [1.165, 1.54) is 6.07 Å². The van der Waals surface area contributed by atoms with Gasteiger partial charge in [-0.1, -0.05) is 29.4 Å². The molecule has 0 saturated heterocycles. The molecular weight excluding hydrogens is 303 g/mol. The van der Waals surface area contributed by atoms with Crippen molar-refractivity contribution in [3.05, 3.63) is 46.5 Å². The average molecular weight is 315 g/mol. The van der Waals surface area contributed by atoms with Crippen LogP contribution in [0.1, 0.15) is 11.3 Å². The Morgan fingerprint density at radius 3 is 2.95 bits per heavy atom. The van der Waals surface area contributed by atoms with Crippen molar-refractivity contribution in [2.75, 3.05) is 5.75 Å². The van der Waals surface area contributed by atoms with E-state index in [-0.39, 0.29) is 10.8 Å². The maximum absolute atomic E-state index is 13.1. The van der Waals surface area contributed by atoms with E-state index in [2.05, 4.69) is 4.98 Å². The van der Waals surface area contributed by atoms with Crippen LogP contribution in [0.25, 0.3) is 0 Å². The Bertz CT molecular complexity index is 645. The highest BCUT2D eigenvalue weighted by molar-refractivity contribution is 7.99. The molecule has 4 nitrogen and oxygen atoms in total. The molecule has 0 spiro atoms. The molecule has 0 aliphatic heterocycles. The van der Waals surface area contributed by atoms with E-state index in [1.54, 1.807) is 18.3 Å². The Morgan fingerprint density at radius 1 is 1.55 bits per heavy atom. The van der Waals surface area contributed by atoms with E-state index in [0.29, 0.717) is 11.7 Å². The molecule has 7 heteroatoms. The Hall–Kier alpha value is -1.53. The highest BCUT2D eigenvalue weighted by Gasteiger charge is 2.11. The number of carboxylic acid groups (broad SMARTS) is 1. The van der Waals surface area contributed by atoms with Gasteiger partial charge in [0.2, 0.25) is 0 Å². The fourth-order valence-electron chi connectivity index (χ4n) is 1.69. The smallest absolute Gasteiger partial charge is 0.313 e. The van der Waals surface area contributed by atoms with Gasteiger partial charge in [0, 0.05) is 18.4 Å². The van der Waals surface area contributed by atoms with Gasteiger partial charge in [-0.2, -0.15) is 0 Å². The first-order valence-electron chi connectivity index (χ1n) is 5.78. The second-order valence-electron chi connectivity index (χ2n) is 4.20. The lowest BCUT2D eigenvalue weighted by atomic mass is 10.2. The number of carbonyl (C=O) groups is 1. The molecule has 0 bridgehead atoms. The molecule has 106 valence electrons. The molecule has 0 saturated carbocycles. The second-order valence-corrected chi connectivity index (χ2v) is 5.55. The third kappa shape index (κ3) is 3.52. The first-order chi connectivity index (χ1) is 9.47. The first kappa shape index (κ1) is 14.9. The summed E-state index contributed by atoms with van der Waals surface area (Å²) in [4.78, 5) is 14.8. The van der Waals surface area contributed by atoms with Gasteiger partial charge >= 0.3 is 5.97 Å². The number of halogens is 2. The molecular formula is C13H12ClFN2O2S. The Kier molecular flexibility index (Phi) is 4.67. The number of aromatic nitrogens is 2. The van der Waals surface area contributed by atoms with Crippen LogP contribution in [0.2, 0.25) is 5.02 Å². The molecule has 0 aliphatic carbocycles. The Balaban J connectivity index is 2.21. The average Bonchev–Trinajstić information content (AvgIpc) is 2.73. The summed E-state index contributed by atoms with van der Waals surface area (Å²) in [5.41, 5.74) is 1.73. The standard InChI is InChI=1S/C13H12ClFN2O2S/c1-8-5-16-13(20-7-12(18)19)17(8)6-9-2-3-11(15)10(14)4-9/h2-5H,6-7H2,1H3,(H,18,19). The van der Waals surface area contributed by atoms with Crippen molar-refractivity contribution < 1.29 is 14.3 Å². The SMILES string of the molecule is Cc1cnc(SCC(=O)O)n1Cc1ccc(F)c(Cl)c1. The number of imidazole rings is 1. The van der Waals surface area contributed by atoms with Crippen LogP contribution in [0, 0.1) is 12.7 Å². The number of carboxylic acids is 1. The summed E-state index contributed by atoms with van der Waals surface area (Å²) in [6.45, 7) is 2.34. The number of nitrogens with zero attached hydrogens (tertiary/aromatic N) is 2. The monoisotopic (exact) mass is 314 g/mol. The number of hydrogen-bond donors (Lipinski definition) is 1. The van der Waals surface area contributed by atoms with Crippen molar-refractivity contribution in [3.63, 3.8) is 0 Å². The number of hydrogen-bond acceptors (Lipinski definition) is 3. The molecule has 0 amide bonds. The van der Waals surface area contributed by atoms with Gasteiger partial charge in [-0.3, -0.25) is 4.79 Å². The van der Waals surface area contributed by atoms with E-state index in [9.17, 15) is 9.18 Å². The number of benzene rings is 1. The lowest BCUT2D eigenvalue weighted by Gasteiger charge is -2.10. The minimum atomic E-state index is -0.896. The van der Waals surface area contributed by atoms with E-state index < -0.39 is 11.8 Å². The lowest BCUT2D eigenvalue weighted by Crippen LogP contribution is -2.06. The summed E-state index contributed by atoms with van der Waals surface area (Å²) in [5.74, 6) is -1.41. The van der Waals surface area contributed by atoms with Crippen molar-refractivity contribution >= 4 is 29.3 Å². The van der Waals surface area contributed by atoms with Gasteiger partial charge < -0.3 is 9.67 Å². The lowest BCUT2D eigenvalue weighted by molar-refractivity contribution is -0.133. The molecule has 0 unspecified atom stereocenters. The number of thioether (sulfide) groups is 1. The molecule has 20 heavy (non-hydrogen) atoms. The fraction of sp³-hybridized carbons (Fsp3) is 0.231. The largest absolute Gasteiger partial charge is 0.481 e. The highest BCUT2D eigenvalue weighted by atomic mass is 35.5. The molecule has 1 aromatic carbocycles. The van der Waals surface area contributed by atoms with Crippen LogP contribution < -0.4 is 0 Å².